The van der Waals surface area contributed by atoms with Crippen molar-refractivity contribution in [1.82, 2.24) is 9.88 Å². The number of H-pyrrole nitrogens is 1. The van der Waals surface area contributed by atoms with Gasteiger partial charge in [0.1, 0.15) is 17.4 Å². The molecular formula is C23H20F2N2O4. The number of methoxy groups -OCH3 is 1. The third-order valence-corrected chi connectivity index (χ3v) is 5.19. The molecule has 3 aromatic rings. The average molecular weight is 426 g/mol. The molecule has 0 bridgehead atoms. The van der Waals surface area contributed by atoms with E-state index >= 15 is 0 Å². The molecule has 0 atom stereocenters. The molecule has 1 N–H and O–H groups in total. The van der Waals surface area contributed by atoms with Gasteiger partial charge in [0.25, 0.3) is 5.91 Å². The number of amides is 1. The predicted molar refractivity (Wildman–Crippen MR) is 111 cm³/mol. The summed E-state index contributed by atoms with van der Waals surface area (Å²) in [6.07, 6.45) is 1.77. The fourth-order valence-corrected chi connectivity index (χ4v) is 3.71. The number of benzene rings is 2. The van der Waals surface area contributed by atoms with Crippen LogP contribution in [-0.4, -0.2) is 42.0 Å². The first kappa shape index (κ1) is 20.6. The zero-order valence-electron chi connectivity index (χ0n) is 17.0. The van der Waals surface area contributed by atoms with Gasteiger partial charge in [0.15, 0.2) is 0 Å². The third-order valence-electron chi connectivity index (χ3n) is 5.19. The number of ether oxygens (including phenoxy) is 2. The molecule has 2 aromatic carbocycles. The molecule has 1 aromatic heterocycles. The van der Waals surface area contributed by atoms with E-state index in [0.717, 1.165) is 28.6 Å². The number of hydrogen-bond donors (Lipinski definition) is 1. The van der Waals surface area contributed by atoms with Crippen molar-refractivity contribution in [1.29, 1.82) is 0 Å². The van der Waals surface area contributed by atoms with E-state index in [9.17, 15) is 18.4 Å². The molecule has 1 aliphatic rings. The number of nitrogens with zero attached hydrogens (tertiary/aromatic N) is 1. The van der Waals surface area contributed by atoms with Crippen LogP contribution < -0.4 is 4.74 Å². The zero-order chi connectivity index (χ0) is 22.1. The van der Waals surface area contributed by atoms with Gasteiger partial charge >= 0.3 is 5.97 Å². The van der Waals surface area contributed by atoms with Gasteiger partial charge in [0.2, 0.25) is 0 Å². The van der Waals surface area contributed by atoms with Gasteiger partial charge < -0.3 is 19.4 Å². The van der Waals surface area contributed by atoms with Gasteiger partial charge in [-0.15, -0.1) is 0 Å². The molecule has 1 aliphatic heterocycles. The van der Waals surface area contributed by atoms with Crippen molar-refractivity contribution in [3.8, 4) is 5.75 Å². The van der Waals surface area contributed by atoms with Gasteiger partial charge in [-0.3, -0.25) is 4.79 Å². The van der Waals surface area contributed by atoms with Gasteiger partial charge in [-0.25, -0.2) is 13.6 Å². The molecule has 0 unspecified atom stereocenters. The number of halogens is 2. The Balaban J connectivity index is 1.81. The Labute approximate surface area is 177 Å². The Morgan fingerprint density at radius 3 is 2.68 bits per heavy atom. The molecule has 160 valence electrons. The number of nitrogens with one attached hydrogen (secondary N) is 1. The minimum absolute atomic E-state index is 0.153. The summed E-state index contributed by atoms with van der Waals surface area (Å²) in [4.78, 5) is 30.2. The van der Waals surface area contributed by atoms with Crippen LogP contribution in [0.3, 0.4) is 0 Å². The van der Waals surface area contributed by atoms with Crippen LogP contribution in [0.4, 0.5) is 8.78 Å². The van der Waals surface area contributed by atoms with E-state index in [1.54, 1.807) is 14.0 Å². The lowest BCUT2D eigenvalue weighted by molar-refractivity contribution is -0.136. The van der Waals surface area contributed by atoms with Crippen LogP contribution >= 0.6 is 0 Å². The number of esters is 1. The van der Waals surface area contributed by atoms with Crippen LogP contribution in [0.1, 0.15) is 28.5 Å². The minimum atomic E-state index is -0.962. The minimum Gasteiger partial charge on any atom is -0.497 e. The Kier molecular flexibility index (Phi) is 5.46. The van der Waals surface area contributed by atoms with E-state index in [4.69, 9.17) is 9.47 Å². The standard InChI is InChI=1S/C23H20F2N2O4/c1-3-31-23(29)18-12-27(22(28)17-6-4-13(24)10-19(17)25)9-8-16-15-7-5-14(30-2)11-20(15)26-21(16)18/h4-7,10-12,26H,3,8-9H2,1-2H3. The molecule has 0 radical (unpaired) electrons. The Morgan fingerprint density at radius 1 is 1.16 bits per heavy atom. The maximum absolute atomic E-state index is 14.2. The van der Waals surface area contributed by atoms with E-state index in [0.29, 0.717) is 23.9 Å². The van der Waals surface area contributed by atoms with Gasteiger partial charge in [-0.1, -0.05) is 0 Å². The largest absolute Gasteiger partial charge is 0.497 e. The number of fused-ring (bicyclic) bond motifs is 3. The first-order valence-corrected chi connectivity index (χ1v) is 9.76. The summed E-state index contributed by atoms with van der Waals surface area (Å²) in [6.45, 7) is 2.04. The van der Waals surface area contributed by atoms with Crippen LogP contribution in [0.2, 0.25) is 0 Å². The summed E-state index contributed by atoms with van der Waals surface area (Å²) in [5.74, 6) is -2.35. The van der Waals surface area contributed by atoms with E-state index in [-0.39, 0.29) is 24.3 Å². The number of aromatic amines is 1. The second kappa shape index (κ2) is 8.22. The summed E-state index contributed by atoms with van der Waals surface area (Å²) >= 11 is 0. The normalized spacial score (nSPS) is 13.4. The molecule has 0 fully saturated rings. The maximum Gasteiger partial charge on any atom is 0.341 e. The molecule has 0 aliphatic carbocycles. The lowest BCUT2D eigenvalue weighted by Crippen LogP contribution is -2.28. The van der Waals surface area contributed by atoms with Crippen LogP contribution in [0.25, 0.3) is 16.5 Å². The Bertz CT molecular complexity index is 1220. The van der Waals surface area contributed by atoms with Crippen molar-refractivity contribution in [2.24, 2.45) is 0 Å². The van der Waals surface area contributed by atoms with Crippen molar-refractivity contribution in [3.05, 3.63) is 71.1 Å². The van der Waals surface area contributed by atoms with E-state index < -0.39 is 23.5 Å². The predicted octanol–water partition coefficient (Wildman–Crippen LogP) is 4.06. The van der Waals surface area contributed by atoms with Gasteiger partial charge in [-0.05, 0) is 43.2 Å². The summed E-state index contributed by atoms with van der Waals surface area (Å²) < 4.78 is 37.9. The topological polar surface area (TPSA) is 71.6 Å². The molecule has 6 nitrogen and oxygen atoms in total. The third kappa shape index (κ3) is 3.76. The first-order chi connectivity index (χ1) is 14.9. The van der Waals surface area contributed by atoms with Crippen molar-refractivity contribution < 1.29 is 27.8 Å². The maximum atomic E-state index is 14.2. The van der Waals surface area contributed by atoms with Gasteiger partial charge in [0.05, 0.1) is 30.5 Å². The molecule has 2 heterocycles. The molecule has 1 amide bonds. The highest BCUT2D eigenvalue weighted by atomic mass is 19.1. The molecule has 8 heteroatoms. The van der Waals surface area contributed by atoms with Crippen molar-refractivity contribution in [2.45, 2.75) is 13.3 Å². The van der Waals surface area contributed by atoms with Gasteiger partial charge in [-0.2, -0.15) is 0 Å². The summed E-state index contributed by atoms with van der Waals surface area (Å²) in [5, 5.41) is 0.883. The smallest absolute Gasteiger partial charge is 0.341 e. The summed E-state index contributed by atoms with van der Waals surface area (Å²) in [7, 11) is 1.57. The second-order valence-electron chi connectivity index (χ2n) is 7.03. The Hall–Kier alpha value is -3.68. The van der Waals surface area contributed by atoms with E-state index in [1.165, 1.54) is 11.1 Å². The fourth-order valence-electron chi connectivity index (χ4n) is 3.71. The molecule has 4 rings (SSSR count). The average Bonchev–Trinajstić information content (AvgIpc) is 2.99. The van der Waals surface area contributed by atoms with E-state index in [1.807, 2.05) is 18.2 Å². The molecule has 31 heavy (non-hydrogen) atoms. The lowest BCUT2D eigenvalue weighted by atomic mass is 10.0. The van der Waals surface area contributed by atoms with Crippen molar-refractivity contribution in [2.75, 3.05) is 20.3 Å². The van der Waals surface area contributed by atoms with E-state index in [2.05, 4.69) is 4.98 Å². The molecule has 0 saturated heterocycles. The summed E-state index contributed by atoms with van der Waals surface area (Å²) in [5.41, 5.74) is 2.04. The fraction of sp³-hybridized carbons (Fsp3) is 0.217. The van der Waals surface area contributed by atoms with Crippen molar-refractivity contribution >= 4 is 28.4 Å². The molecule has 0 spiro atoms. The molecule has 0 saturated carbocycles. The number of rotatable bonds is 4. The van der Waals surface area contributed by atoms with Gasteiger partial charge in [0, 0.05) is 35.8 Å². The zero-order valence-corrected chi connectivity index (χ0v) is 17.0. The lowest BCUT2D eigenvalue weighted by Gasteiger charge is -2.18. The highest BCUT2D eigenvalue weighted by Gasteiger charge is 2.28. The number of hydrogen-bond acceptors (Lipinski definition) is 4. The van der Waals surface area contributed by atoms with Crippen LogP contribution in [0, 0.1) is 11.6 Å². The highest BCUT2D eigenvalue weighted by Crippen LogP contribution is 2.33. The number of carbonyl (C=O) groups excluding carboxylic acids is 2. The highest BCUT2D eigenvalue weighted by molar-refractivity contribution is 6.18. The summed E-state index contributed by atoms with van der Waals surface area (Å²) in [6, 6.07) is 8.29. The SMILES string of the molecule is CCOC(=O)C1=CN(C(=O)c2ccc(F)cc2F)CCc2c1[nH]c1cc(OC)ccc21. The number of aromatic nitrogens is 1. The first-order valence-electron chi connectivity index (χ1n) is 9.76. The van der Waals surface area contributed by atoms with Crippen LogP contribution in [-0.2, 0) is 16.0 Å². The van der Waals surface area contributed by atoms with Crippen LogP contribution in [0.5, 0.6) is 5.75 Å². The Morgan fingerprint density at radius 2 is 1.97 bits per heavy atom. The van der Waals surface area contributed by atoms with Crippen molar-refractivity contribution in [3.63, 3.8) is 0 Å². The number of carbonyl (C=O) groups is 2. The monoisotopic (exact) mass is 426 g/mol. The quantitative estimate of drug-likeness (QED) is 0.639. The second-order valence-corrected chi connectivity index (χ2v) is 7.03. The van der Waals surface area contributed by atoms with Crippen LogP contribution in [0.15, 0.2) is 42.6 Å². The molecular weight excluding hydrogens is 406 g/mol.